The molecule has 1 aromatic heterocycles. The predicted molar refractivity (Wildman–Crippen MR) is 58.5 cm³/mol. The molecule has 2 rings (SSSR count). The van der Waals surface area contributed by atoms with Crippen molar-refractivity contribution in [1.29, 1.82) is 0 Å². The van der Waals surface area contributed by atoms with Crippen LogP contribution in [-0.2, 0) is 11.0 Å². The van der Waals surface area contributed by atoms with Gasteiger partial charge in [0.2, 0.25) is 5.91 Å². The number of hydrogen-bond acceptors (Lipinski definition) is 2. The number of hydrogen-bond donors (Lipinski definition) is 0. The zero-order chi connectivity index (χ0) is 13.3. The fourth-order valence-electron chi connectivity index (χ4n) is 1.86. The number of terminal acetylenes is 1. The molecule has 1 atom stereocenters. The fraction of sp³-hybridized carbons (Fsp3) is 0.333. The second-order valence-corrected chi connectivity index (χ2v) is 3.94. The number of aromatic nitrogens is 1. The predicted octanol–water partition coefficient (Wildman–Crippen LogP) is 2.09. The third-order valence-electron chi connectivity index (χ3n) is 2.71. The van der Waals surface area contributed by atoms with Gasteiger partial charge in [-0.3, -0.25) is 9.69 Å². The van der Waals surface area contributed by atoms with Gasteiger partial charge in [0.1, 0.15) is 5.82 Å². The monoisotopic (exact) mass is 254 g/mol. The lowest BCUT2D eigenvalue weighted by molar-refractivity contribution is -0.137. The van der Waals surface area contributed by atoms with E-state index in [0.29, 0.717) is 0 Å². The Bertz CT molecular complexity index is 519. The number of anilines is 1. The fourth-order valence-corrected chi connectivity index (χ4v) is 1.86. The smallest absolute Gasteiger partial charge is 0.295 e. The summed E-state index contributed by atoms with van der Waals surface area (Å²) < 4.78 is 38.4. The van der Waals surface area contributed by atoms with E-state index in [2.05, 4.69) is 10.9 Å². The Hall–Kier alpha value is -2.03. The third-order valence-corrected chi connectivity index (χ3v) is 2.71. The van der Waals surface area contributed by atoms with Crippen LogP contribution in [0.1, 0.15) is 12.0 Å². The Morgan fingerprint density at radius 1 is 1.50 bits per heavy atom. The molecule has 6 heteroatoms. The minimum atomic E-state index is -4.54. The first-order valence-electron chi connectivity index (χ1n) is 5.22. The molecule has 2 heterocycles. The van der Waals surface area contributed by atoms with Gasteiger partial charge in [-0.1, -0.05) is 0 Å². The van der Waals surface area contributed by atoms with Gasteiger partial charge in [0.25, 0.3) is 0 Å². The van der Waals surface area contributed by atoms with Crippen LogP contribution in [0.4, 0.5) is 19.0 Å². The summed E-state index contributed by atoms with van der Waals surface area (Å²) in [5.41, 5.74) is -0.920. The van der Waals surface area contributed by atoms with Crippen molar-refractivity contribution >= 4 is 11.7 Å². The summed E-state index contributed by atoms with van der Waals surface area (Å²) in [5.74, 6) is 1.22. The van der Waals surface area contributed by atoms with E-state index in [-0.39, 0.29) is 24.7 Å². The minimum absolute atomic E-state index is 0.0599. The molecule has 1 fully saturated rings. The van der Waals surface area contributed by atoms with Crippen LogP contribution in [0.3, 0.4) is 0 Å². The normalized spacial score (nSPS) is 20.0. The third kappa shape index (κ3) is 2.16. The number of carbonyl (C=O) groups is 1. The Kier molecular flexibility index (Phi) is 2.99. The molecule has 0 bridgehead atoms. The molecule has 0 aromatic carbocycles. The molecule has 0 saturated carbocycles. The quantitative estimate of drug-likeness (QED) is 0.719. The van der Waals surface area contributed by atoms with Crippen LogP contribution in [0, 0.1) is 18.3 Å². The van der Waals surface area contributed by atoms with E-state index in [4.69, 9.17) is 6.42 Å². The molecule has 0 aliphatic carbocycles. The first kappa shape index (κ1) is 12.4. The van der Waals surface area contributed by atoms with Crippen LogP contribution in [0.5, 0.6) is 0 Å². The number of rotatable bonds is 1. The van der Waals surface area contributed by atoms with Crippen molar-refractivity contribution < 1.29 is 18.0 Å². The average molecular weight is 254 g/mol. The molecule has 0 N–H and O–H groups in total. The summed E-state index contributed by atoms with van der Waals surface area (Å²) in [6.07, 6.45) is 1.93. The Morgan fingerprint density at radius 3 is 2.78 bits per heavy atom. The van der Waals surface area contributed by atoms with E-state index in [0.717, 1.165) is 11.0 Å². The number of alkyl halides is 3. The largest absolute Gasteiger partial charge is 0.419 e. The number of pyridine rings is 1. The van der Waals surface area contributed by atoms with Gasteiger partial charge in [-0.2, -0.15) is 13.2 Å². The topological polar surface area (TPSA) is 33.2 Å². The van der Waals surface area contributed by atoms with Crippen LogP contribution in [0.25, 0.3) is 0 Å². The van der Waals surface area contributed by atoms with Crippen LogP contribution in [0.15, 0.2) is 18.3 Å². The molecule has 0 radical (unpaired) electrons. The van der Waals surface area contributed by atoms with Gasteiger partial charge >= 0.3 is 6.18 Å². The summed E-state index contributed by atoms with van der Waals surface area (Å²) in [4.78, 5) is 16.3. The summed E-state index contributed by atoms with van der Waals surface area (Å²) in [7, 11) is 0. The molecular weight excluding hydrogens is 245 g/mol. The Balaban J connectivity index is 2.41. The zero-order valence-electron chi connectivity index (χ0n) is 9.24. The van der Waals surface area contributed by atoms with Crippen LogP contribution in [0.2, 0.25) is 0 Å². The van der Waals surface area contributed by atoms with Crippen molar-refractivity contribution in [3.63, 3.8) is 0 Å². The summed E-state index contributed by atoms with van der Waals surface area (Å²) in [6.45, 7) is 0.0788. The van der Waals surface area contributed by atoms with Crippen LogP contribution < -0.4 is 4.90 Å². The van der Waals surface area contributed by atoms with Gasteiger partial charge in [-0.15, -0.1) is 12.3 Å². The van der Waals surface area contributed by atoms with Gasteiger partial charge in [0.05, 0.1) is 5.56 Å². The lowest BCUT2D eigenvalue weighted by Crippen LogP contribution is -2.28. The number of amides is 1. The first-order chi connectivity index (χ1) is 8.43. The van der Waals surface area contributed by atoms with E-state index in [9.17, 15) is 18.0 Å². The van der Waals surface area contributed by atoms with Crippen LogP contribution in [-0.4, -0.2) is 17.4 Å². The van der Waals surface area contributed by atoms with Gasteiger partial charge in [0.15, 0.2) is 0 Å². The zero-order valence-corrected chi connectivity index (χ0v) is 9.24. The molecule has 1 aliphatic heterocycles. The highest BCUT2D eigenvalue weighted by atomic mass is 19.4. The summed E-state index contributed by atoms with van der Waals surface area (Å²) in [6, 6.07) is 2.09. The molecule has 18 heavy (non-hydrogen) atoms. The number of carbonyl (C=O) groups excluding carboxylic acids is 1. The maximum absolute atomic E-state index is 12.8. The Labute approximate surface area is 102 Å². The number of nitrogens with zero attached hydrogens (tertiary/aromatic N) is 2. The standard InChI is InChI=1S/C12H9F3N2O/c1-2-8-6-10(18)17(7-8)11-9(12(13,14)15)4-3-5-16-11/h1,3-5,8H,6-7H2. The minimum Gasteiger partial charge on any atom is -0.295 e. The second kappa shape index (κ2) is 4.33. The van der Waals surface area contributed by atoms with Gasteiger partial charge in [-0.05, 0) is 12.1 Å². The van der Waals surface area contributed by atoms with E-state index < -0.39 is 17.6 Å². The van der Waals surface area contributed by atoms with Gasteiger partial charge in [0, 0.05) is 25.1 Å². The first-order valence-corrected chi connectivity index (χ1v) is 5.22. The lowest BCUT2D eigenvalue weighted by atomic mass is 10.1. The van der Waals surface area contributed by atoms with E-state index in [1.807, 2.05) is 0 Å². The summed E-state index contributed by atoms with van der Waals surface area (Å²) in [5, 5.41) is 0. The SMILES string of the molecule is C#CC1CC(=O)N(c2ncccc2C(F)(F)F)C1. The maximum Gasteiger partial charge on any atom is 0.419 e. The molecule has 1 aliphatic rings. The Morgan fingerprint density at radius 2 is 2.22 bits per heavy atom. The van der Waals surface area contributed by atoms with E-state index in [1.54, 1.807) is 0 Å². The molecule has 94 valence electrons. The van der Waals surface area contributed by atoms with E-state index in [1.165, 1.54) is 12.3 Å². The number of halogens is 3. The highest BCUT2D eigenvalue weighted by molar-refractivity contribution is 5.95. The summed E-state index contributed by atoms with van der Waals surface area (Å²) >= 11 is 0. The van der Waals surface area contributed by atoms with Crippen molar-refractivity contribution in [3.05, 3.63) is 23.9 Å². The highest BCUT2D eigenvalue weighted by Crippen LogP contribution is 2.36. The average Bonchev–Trinajstić information content (AvgIpc) is 2.69. The van der Waals surface area contributed by atoms with Crippen molar-refractivity contribution in [1.82, 2.24) is 4.98 Å². The molecular formula is C12H9F3N2O. The molecule has 1 unspecified atom stereocenters. The molecule has 1 saturated heterocycles. The maximum atomic E-state index is 12.8. The molecule has 1 aromatic rings. The van der Waals surface area contributed by atoms with Gasteiger partial charge in [-0.25, -0.2) is 4.98 Å². The second-order valence-electron chi connectivity index (χ2n) is 3.94. The van der Waals surface area contributed by atoms with Gasteiger partial charge < -0.3 is 0 Å². The molecule has 1 amide bonds. The highest BCUT2D eigenvalue weighted by Gasteiger charge is 2.39. The molecule has 3 nitrogen and oxygen atoms in total. The molecule has 0 spiro atoms. The van der Waals surface area contributed by atoms with Crippen molar-refractivity contribution in [2.75, 3.05) is 11.4 Å². The van der Waals surface area contributed by atoms with E-state index >= 15 is 0 Å². The van der Waals surface area contributed by atoms with Crippen molar-refractivity contribution in [3.8, 4) is 12.3 Å². The van der Waals surface area contributed by atoms with Crippen molar-refractivity contribution in [2.24, 2.45) is 5.92 Å². The van der Waals surface area contributed by atoms with Crippen LogP contribution >= 0.6 is 0 Å². The lowest BCUT2D eigenvalue weighted by Gasteiger charge is -2.19. The van der Waals surface area contributed by atoms with Crippen molar-refractivity contribution in [2.45, 2.75) is 12.6 Å².